The molecule has 0 unspecified atom stereocenters. The van der Waals surface area contributed by atoms with Gasteiger partial charge < -0.3 is 10.2 Å². The van der Waals surface area contributed by atoms with Gasteiger partial charge in [-0.05, 0) is 54.8 Å². The van der Waals surface area contributed by atoms with Gasteiger partial charge in [0.1, 0.15) is 5.54 Å². The van der Waals surface area contributed by atoms with Gasteiger partial charge in [-0.3, -0.25) is 4.79 Å². The Kier molecular flexibility index (Phi) is 2.27. The summed E-state index contributed by atoms with van der Waals surface area (Å²) in [6.45, 7) is 4.28. The summed E-state index contributed by atoms with van der Waals surface area (Å²) in [5.74, 6) is 0.150. The highest BCUT2D eigenvalue weighted by molar-refractivity contribution is 9.10. The summed E-state index contributed by atoms with van der Waals surface area (Å²) in [6, 6.07) is 6.26. The molecule has 1 aromatic rings. The quantitative estimate of drug-likeness (QED) is 0.863. The van der Waals surface area contributed by atoms with Gasteiger partial charge in [0.25, 0.3) is 0 Å². The number of para-hydroxylation sites is 1. The normalized spacial score (nSPS) is 20.5. The molecule has 3 nitrogen and oxygen atoms in total. The summed E-state index contributed by atoms with van der Waals surface area (Å²) in [7, 11) is 0. The molecule has 1 amide bonds. The summed E-state index contributed by atoms with van der Waals surface area (Å²) in [5.41, 5.74) is 1.75. The van der Waals surface area contributed by atoms with Crippen LogP contribution < -0.4 is 10.2 Å². The van der Waals surface area contributed by atoms with Crippen molar-refractivity contribution in [2.75, 3.05) is 10.2 Å². The number of nitrogens with one attached hydrogen (secondary N) is 1. The first-order valence-electron chi connectivity index (χ1n) is 5.95. The second kappa shape index (κ2) is 3.48. The number of benzene rings is 1. The molecule has 1 saturated carbocycles. The fraction of sp³-hybridized carbons (Fsp3) is 0.462. The lowest BCUT2D eigenvalue weighted by atomic mass is 10.0. The second-order valence-electron chi connectivity index (χ2n) is 5.09. The van der Waals surface area contributed by atoms with Crippen LogP contribution in [0.3, 0.4) is 0 Å². The third-order valence-corrected chi connectivity index (χ3v) is 4.24. The number of rotatable bonds is 1. The summed E-state index contributed by atoms with van der Waals surface area (Å²) in [4.78, 5) is 14.5. The summed E-state index contributed by atoms with van der Waals surface area (Å²) in [6.07, 6.45) is 1.91. The van der Waals surface area contributed by atoms with Crippen molar-refractivity contribution in [2.24, 2.45) is 0 Å². The van der Waals surface area contributed by atoms with Gasteiger partial charge in [0, 0.05) is 10.5 Å². The van der Waals surface area contributed by atoms with Crippen LogP contribution in [0, 0.1) is 0 Å². The summed E-state index contributed by atoms with van der Waals surface area (Å²) >= 11 is 3.60. The molecule has 4 heteroatoms. The Balaban J connectivity index is 2.20. The molecular weight excluding hydrogens is 280 g/mol. The predicted octanol–water partition coefficient (Wildman–Crippen LogP) is 3.15. The summed E-state index contributed by atoms with van der Waals surface area (Å²) in [5, 5.41) is 3.03. The Bertz CT molecular complexity index is 494. The van der Waals surface area contributed by atoms with E-state index in [-0.39, 0.29) is 11.4 Å². The van der Waals surface area contributed by atoms with E-state index in [9.17, 15) is 4.79 Å². The predicted molar refractivity (Wildman–Crippen MR) is 72.4 cm³/mol. The maximum Gasteiger partial charge on any atom is 0.250 e. The van der Waals surface area contributed by atoms with Crippen LogP contribution in [-0.4, -0.2) is 17.5 Å². The second-order valence-corrected chi connectivity index (χ2v) is 5.94. The standard InChI is InChI=1S/C13H15BrN2O/c1-8(2)16-11-9(14)4-3-5-10(11)15-12(17)13(16)6-7-13/h3-5,8H,6-7H2,1-2H3,(H,15,17). The molecule has 1 aromatic carbocycles. The summed E-state index contributed by atoms with van der Waals surface area (Å²) < 4.78 is 1.05. The largest absolute Gasteiger partial charge is 0.352 e. The highest BCUT2D eigenvalue weighted by Gasteiger charge is 2.58. The molecule has 0 atom stereocenters. The molecule has 90 valence electrons. The topological polar surface area (TPSA) is 32.3 Å². The lowest BCUT2D eigenvalue weighted by molar-refractivity contribution is -0.118. The molecule has 0 aromatic heterocycles. The average Bonchev–Trinajstić information content (AvgIpc) is 3.02. The first kappa shape index (κ1) is 11.1. The minimum absolute atomic E-state index is 0.150. The number of halogens is 1. The lowest BCUT2D eigenvalue weighted by Gasteiger charge is -2.42. The van der Waals surface area contributed by atoms with Crippen molar-refractivity contribution in [1.82, 2.24) is 0 Å². The van der Waals surface area contributed by atoms with Gasteiger partial charge in [-0.25, -0.2) is 0 Å². The average molecular weight is 295 g/mol. The minimum Gasteiger partial charge on any atom is -0.352 e. The Morgan fingerprint density at radius 3 is 2.71 bits per heavy atom. The zero-order valence-electron chi connectivity index (χ0n) is 9.96. The van der Waals surface area contributed by atoms with Crippen LogP contribution >= 0.6 is 15.9 Å². The van der Waals surface area contributed by atoms with E-state index in [1.165, 1.54) is 0 Å². The molecule has 1 heterocycles. The van der Waals surface area contributed by atoms with Crippen LogP contribution in [0.25, 0.3) is 0 Å². The molecule has 1 aliphatic carbocycles. The van der Waals surface area contributed by atoms with Gasteiger partial charge in [0.2, 0.25) is 5.91 Å². The zero-order valence-corrected chi connectivity index (χ0v) is 11.5. The lowest BCUT2D eigenvalue weighted by Crippen LogP contribution is -2.53. The van der Waals surface area contributed by atoms with E-state index < -0.39 is 0 Å². The Morgan fingerprint density at radius 2 is 2.12 bits per heavy atom. The van der Waals surface area contributed by atoms with Crippen molar-refractivity contribution < 1.29 is 4.79 Å². The van der Waals surface area contributed by atoms with E-state index >= 15 is 0 Å². The molecule has 17 heavy (non-hydrogen) atoms. The van der Waals surface area contributed by atoms with Gasteiger partial charge in [-0.1, -0.05) is 6.07 Å². The number of fused-ring (bicyclic) bond motifs is 1. The van der Waals surface area contributed by atoms with Crippen LogP contribution in [0.1, 0.15) is 26.7 Å². The number of hydrogen-bond acceptors (Lipinski definition) is 2. The Morgan fingerprint density at radius 1 is 1.41 bits per heavy atom. The Labute approximate surface area is 109 Å². The van der Waals surface area contributed by atoms with E-state index in [4.69, 9.17) is 0 Å². The molecule has 1 spiro atoms. The van der Waals surface area contributed by atoms with Gasteiger partial charge >= 0.3 is 0 Å². The molecule has 2 aliphatic rings. The van der Waals surface area contributed by atoms with Gasteiger partial charge in [-0.2, -0.15) is 0 Å². The third kappa shape index (κ3) is 1.43. The first-order valence-corrected chi connectivity index (χ1v) is 6.75. The van der Waals surface area contributed by atoms with Crippen LogP contribution in [0.15, 0.2) is 22.7 Å². The van der Waals surface area contributed by atoms with Crippen LogP contribution in [0.4, 0.5) is 11.4 Å². The number of nitrogens with zero attached hydrogens (tertiary/aromatic N) is 1. The van der Waals surface area contributed by atoms with Gasteiger partial charge in [0.05, 0.1) is 11.4 Å². The molecular formula is C13H15BrN2O. The first-order chi connectivity index (χ1) is 8.06. The zero-order chi connectivity index (χ0) is 12.2. The van der Waals surface area contributed by atoms with E-state index in [1.807, 2.05) is 18.2 Å². The van der Waals surface area contributed by atoms with E-state index in [2.05, 4.69) is 40.0 Å². The van der Waals surface area contributed by atoms with Crippen molar-refractivity contribution in [2.45, 2.75) is 38.3 Å². The number of carbonyl (C=O) groups is 1. The fourth-order valence-corrected chi connectivity index (χ4v) is 3.32. The van der Waals surface area contributed by atoms with Crippen LogP contribution in [0.2, 0.25) is 0 Å². The van der Waals surface area contributed by atoms with Crippen LogP contribution in [-0.2, 0) is 4.79 Å². The van der Waals surface area contributed by atoms with E-state index in [0.29, 0.717) is 6.04 Å². The number of amides is 1. The van der Waals surface area contributed by atoms with E-state index in [1.54, 1.807) is 0 Å². The minimum atomic E-state index is -0.287. The van der Waals surface area contributed by atoms with E-state index in [0.717, 1.165) is 28.7 Å². The number of carbonyl (C=O) groups excluding carboxylic acids is 1. The van der Waals surface area contributed by atoms with Crippen molar-refractivity contribution in [3.63, 3.8) is 0 Å². The van der Waals surface area contributed by atoms with Crippen molar-refractivity contribution in [3.05, 3.63) is 22.7 Å². The highest BCUT2D eigenvalue weighted by atomic mass is 79.9. The number of anilines is 2. The Hall–Kier alpha value is -1.03. The molecule has 1 fully saturated rings. The smallest absolute Gasteiger partial charge is 0.250 e. The third-order valence-electron chi connectivity index (χ3n) is 3.60. The molecule has 3 rings (SSSR count). The molecule has 1 aliphatic heterocycles. The highest BCUT2D eigenvalue weighted by Crippen LogP contribution is 2.53. The van der Waals surface area contributed by atoms with Gasteiger partial charge in [0.15, 0.2) is 0 Å². The molecule has 1 N–H and O–H groups in total. The molecule has 0 radical (unpaired) electrons. The maximum absolute atomic E-state index is 12.2. The van der Waals surface area contributed by atoms with Crippen molar-refractivity contribution >= 4 is 33.2 Å². The van der Waals surface area contributed by atoms with Crippen molar-refractivity contribution in [1.29, 1.82) is 0 Å². The van der Waals surface area contributed by atoms with Crippen LogP contribution in [0.5, 0.6) is 0 Å². The number of hydrogen-bond donors (Lipinski definition) is 1. The maximum atomic E-state index is 12.2. The molecule has 0 saturated heterocycles. The van der Waals surface area contributed by atoms with Gasteiger partial charge in [-0.15, -0.1) is 0 Å². The SMILES string of the molecule is CC(C)N1c2c(Br)cccc2NC(=O)C12CC2. The van der Waals surface area contributed by atoms with Crippen molar-refractivity contribution in [3.8, 4) is 0 Å². The molecule has 0 bridgehead atoms. The monoisotopic (exact) mass is 294 g/mol. The fourth-order valence-electron chi connectivity index (χ4n) is 2.76.